The highest BCUT2D eigenvalue weighted by atomic mass is 35.5. The van der Waals surface area contributed by atoms with E-state index in [-0.39, 0.29) is 29.2 Å². The van der Waals surface area contributed by atoms with E-state index in [2.05, 4.69) is 10.3 Å². The first-order valence-electron chi connectivity index (χ1n) is 9.01. The topological polar surface area (TPSA) is 77.1 Å². The van der Waals surface area contributed by atoms with E-state index in [4.69, 9.17) is 16.0 Å². The molecule has 0 radical (unpaired) electrons. The number of carbonyl (C=O) groups excluding carboxylic acids is 1. The lowest BCUT2D eigenvalue weighted by atomic mass is 10.2. The van der Waals surface area contributed by atoms with Crippen molar-refractivity contribution >= 4 is 40.2 Å². The number of rotatable bonds is 7. The van der Waals surface area contributed by atoms with Crippen LogP contribution >= 0.6 is 23.4 Å². The van der Waals surface area contributed by atoms with Crippen LogP contribution in [0.1, 0.15) is 32.6 Å². The summed E-state index contributed by atoms with van der Waals surface area (Å²) in [6, 6.07) is 8.43. The number of nitrogens with zero attached hydrogens (tertiary/aromatic N) is 2. The number of halogens is 1. The first kappa shape index (κ1) is 20.5. The molecule has 28 heavy (non-hydrogen) atoms. The van der Waals surface area contributed by atoms with E-state index in [0.717, 1.165) is 0 Å². The molecule has 0 unspecified atom stereocenters. The largest absolute Gasteiger partial charge is 0.467 e. The van der Waals surface area contributed by atoms with Gasteiger partial charge in [0.2, 0.25) is 5.91 Å². The van der Waals surface area contributed by atoms with Gasteiger partial charge in [-0.3, -0.25) is 14.2 Å². The summed E-state index contributed by atoms with van der Waals surface area (Å²) >= 11 is 7.29. The van der Waals surface area contributed by atoms with Gasteiger partial charge in [0.05, 0.1) is 29.0 Å². The quantitative estimate of drug-likeness (QED) is 0.457. The molecule has 0 saturated heterocycles. The molecule has 0 bridgehead atoms. The minimum absolute atomic E-state index is 0.145. The monoisotopic (exact) mass is 419 g/mol. The Balaban J connectivity index is 1.82. The predicted molar refractivity (Wildman–Crippen MR) is 112 cm³/mol. The first-order chi connectivity index (χ1) is 13.3. The maximum Gasteiger partial charge on any atom is 0.262 e. The third-order valence-electron chi connectivity index (χ3n) is 4.11. The Bertz CT molecular complexity index is 1030. The number of thioether (sulfide) groups is 1. The third-order valence-corrected chi connectivity index (χ3v) is 5.32. The van der Waals surface area contributed by atoms with Crippen LogP contribution in [-0.2, 0) is 11.3 Å². The van der Waals surface area contributed by atoms with Crippen LogP contribution in [0.4, 0.5) is 0 Å². The molecule has 1 atom stereocenters. The molecule has 1 N–H and O–H groups in total. The molecule has 8 heteroatoms. The van der Waals surface area contributed by atoms with Gasteiger partial charge in [-0.2, -0.15) is 0 Å². The first-order valence-corrected chi connectivity index (χ1v) is 10.4. The van der Waals surface area contributed by atoms with Crippen LogP contribution in [0.5, 0.6) is 0 Å². The summed E-state index contributed by atoms with van der Waals surface area (Å²) in [6.07, 6.45) is 1.57. The fraction of sp³-hybridized carbons (Fsp3) is 0.350. The molecule has 6 nitrogen and oxygen atoms in total. The predicted octanol–water partition coefficient (Wildman–Crippen LogP) is 4.27. The van der Waals surface area contributed by atoms with Crippen molar-refractivity contribution in [3.8, 4) is 0 Å². The molecule has 2 aromatic heterocycles. The van der Waals surface area contributed by atoms with Gasteiger partial charge in [0.15, 0.2) is 5.16 Å². The number of carbonyl (C=O) groups is 1. The van der Waals surface area contributed by atoms with Crippen molar-refractivity contribution in [2.45, 2.75) is 38.5 Å². The summed E-state index contributed by atoms with van der Waals surface area (Å²) in [5, 5.41) is 4.38. The number of nitrogens with one attached hydrogen (secondary N) is 1. The number of amides is 1. The number of fused-ring (bicyclic) bond motifs is 1. The summed E-state index contributed by atoms with van der Waals surface area (Å²) in [5.74, 6) is 0.934. The number of hydrogen-bond acceptors (Lipinski definition) is 5. The van der Waals surface area contributed by atoms with Crippen LogP contribution in [-0.4, -0.2) is 21.2 Å². The van der Waals surface area contributed by atoms with Gasteiger partial charge in [0.25, 0.3) is 5.56 Å². The molecule has 1 aromatic carbocycles. The van der Waals surface area contributed by atoms with Crippen LogP contribution in [0.25, 0.3) is 10.9 Å². The van der Waals surface area contributed by atoms with Crippen LogP contribution in [0.15, 0.2) is 51.0 Å². The molecular weight excluding hydrogens is 398 g/mol. The van der Waals surface area contributed by atoms with Gasteiger partial charge in [-0.1, -0.05) is 37.2 Å². The Kier molecular flexibility index (Phi) is 6.46. The second kappa shape index (κ2) is 8.84. The number of aromatic nitrogens is 2. The molecule has 3 rings (SSSR count). The summed E-state index contributed by atoms with van der Waals surface area (Å²) < 4.78 is 6.93. The number of furan rings is 1. The molecule has 1 amide bonds. The lowest BCUT2D eigenvalue weighted by molar-refractivity contribution is -0.119. The molecular formula is C20H22ClN3O3S. The van der Waals surface area contributed by atoms with Gasteiger partial charge < -0.3 is 9.73 Å². The van der Waals surface area contributed by atoms with Gasteiger partial charge in [-0.25, -0.2) is 4.98 Å². The lowest BCUT2D eigenvalue weighted by Crippen LogP contribution is -2.29. The van der Waals surface area contributed by atoms with Gasteiger partial charge >= 0.3 is 0 Å². The highest BCUT2D eigenvalue weighted by molar-refractivity contribution is 7.99. The van der Waals surface area contributed by atoms with Crippen molar-refractivity contribution in [2.24, 2.45) is 5.92 Å². The van der Waals surface area contributed by atoms with E-state index in [1.54, 1.807) is 35.1 Å². The van der Waals surface area contributed by atoms with Crippen molar-refractivity contribution in [3.05, 3.63) is 57.7 Å². The minimum Gasteiger partial charge on any atom is -0.467 e. The molecule has 0 spiro atoms. The van der Waals surface area contributed by atoms with Crippen molar-refractivity contribution in [1.29, 1.82) is 0 Å². The molecule has 2 heterocycles. The number of hydrogen-bond donors (Lipinski definition) is 1. The van der Waals surface area contributed by atoms with Crippen molar-refractivity contribution in [1.82, 2.24) is 14.9 Å². The average molecular weight is 420 g/mol. The Labute approximate surface area is 172 Å². The van der Waals surface area contributed by atoms with Gasteiger partial charge in [0.1, 0.15) is 5.76 Å². The zero-order chi connectivity index (χ0) is 20.3. The van der Waals surface area contributed by atoms with Crippen LogP contribution in [0, 0.1) is 5.92 Å². The SMILES string of the molecule is CC(C)Cn1c(SCC(=O)N[C@H](C)c2ccco2)nc2ccc(Cl)cc2c1=O. The fourth-order valence-corrected chi connectivity index (χ4v) is 3.82. The lowest BCUT2D eigenvalue weighted by Gasteiger charge is -2.15. The third kappa shape index (κ3) is 4.77. The van der Waals surface area contributed by atoms with E-state index in [1.807, 2.05) is 26.8 Å². The zero-order valence-electron chi connectivity index (χ0n) is 15.9. The van der Waals surface area contributed by atoms with Crippen LogP contribution in [0.2, 0.25) is 5.02 Å². The average Bonchev–Trinajstić information content (AvgIpc) is 3.18. The highest BCUT2D eigenvalue weighted by Gasteiger charge is 2.16. The maximum absolute atomic E-state index is 13.0. The summed E-state index contributed by atoms with van der Waals surface area (Å²) in [7, 11) is 0. The van der Waals surface area contributed by atoms with Crippen molar-refractivity contribution in [3.63, 3.8) is 0 Å². The Morgan fingerprint density at radius 3 is 2.79 bits per heavy atom. The van der Waals surface area contributed by atoms with Gasteiger partial charge in [-0.15, -0.1) is 0 Å². The molecule has 3 aromatic rings. The van der Waals surface area contributed by atoms with Gasteiger partial charge in [0, 0.05) is 11.6 Å². The van der Waals surface area contributed by atoms with Crippen LogP contribution in [0.3, 0.4) is 0 Å². The van der Waals surface area contributed by atoms with Crippen LogP contribution < -0.4 is 10.9 Å². The molecule has 0 aliphatic carbocycles. The standard InChI is InChI=1S/C20H22ClN3O3S/c1-12(2)10-24-19(26)15-9-14(21)6-7-16(15)23-20(24)28-11-18(25)22-13(3)17-5-4-8-27-17/h4-9,12-13H,10-11H2,1-3H3,(H,22,25)/t13-/m1/s1. The van der Waals surface area contributed by atoms with E-state index < -0.39 is 0 Å². The molecule has 0 saturated carbocycles. The Hall–Kier alpha value is -2.25. The zero-order valence-corrected chi connectivity index (χ0v) is 17.5. The van der Waals surface area contributed by atoms with Crippen molar-refractivity contribution < 1.29 is 9.21 Å². The molecule has 0 aliphatic rings. The summed E-state index contributed by atoms with van der Waals surface area (Å²) in [6.45, 7) is 6.43. The minimum atomic E-state index is -0.229. The fourth-order valence-electron chi connectivity index (χ4n) is 2.83. The second-order valence-electron chi connectivity index (χ2n) is 6.96. The van der Waals surface area contributed by atoms with E-state index >= 15 is 0 Å². The maximum atomic E-state index is 13.0. The Morgan fingerprint density at radius 1 is 1.32 bits per heavy atom. The second-order valence-corrected chi connectivity index (χ2v) is 8.34. The van der Waals surface area contributed by atoms with Gasteiger partial charge in [-0.05, 0) is 43.2 Å². The Morgan fingerprint density at radius 2 is 2.11 bits per heavy atom. The molecule has 0 aliphatic heterocycles. The normalized spacial score (nSPS) is 12.5. The summed E-state index contributed by atoms with van der Waals surface area (Å²) in [4.78, 5) is 29.9. The summed E-state index contributed by atoms with van der Waals surface area (Å²) in [5.41, 5.74) is 0.425. The van der Waals surface area contributed by atoms with E-state index in [0.29, 0.717) is 33.4 Å². The molecule has 0 fully saturated rings. The van der Waals surface area contributed by atoms with E-state index in [1.165, 1.54) is 11.8 Å². The van der Waals surface area contributed by atoms with Crippen molar-refractivity contribution in [2.75, 3.05) is 5.75 Å². The highest BCUT2D eigenvalue weighted by Crippen LogP contribution is 2.21. The smallest absolute Gasteiger partial charge is 0.262 e. The number of benzene rings is 1. The molecule has 148 valence electrons. The van der Waals surface area contributed by atoms with E-state index in [9.17, 15) is 9.59 Å².